The third-order valence-corrected chi connectivity index (χ3v) is 2.16. The molecule has 0 N–H and O–H groups in total. The van der Waals surface area contributed by atoms with Crippen molar-refractivity contribution in [2.24, 2.45) is 0 Å². The number of ether oxygens (including phenoxy) is 1. The van der Waals surface area contributed by atoms with Gasteiger partial charge in [0.1, 0.15) is 0 Å². The van der Waals surface area contributed by atoms with Crippen LogP contribution in [0, 0.1) is 0 Å². The van der Waals surface area contributed by atoms with Crippen molar-refractivity contribution in [2.45, 2.75) is 43.7 Å². The summed E-state index contributed by atoms with van der Waals surface area (Å²) in [5.74, 6) is -20.8. The van der Waals surface area contributed by atoms with Crippen LogP contribution in [0.15, 0.2) is 0 Å². The van der Waals surface area contributed by atoms with E-state index in [-0.39, 0.29) is 6.61 Å². The molecule has 0 rings (SSSR count). The molecule has 0 atom stereocenters. The Morgan fingerprint density at radius 3 is 1.70 bits per heavy atom. The van der Waals surface area contributed by atoms with E-state index >= 15 is 0 Å². The summed E-state index contributed by atoms with van der Waals surface area (Å²) in [6.45, 7) is 0.960. The van der Waals surface area contributed by atoms with Gasteiger partial charge in [-0.15, -0.1) is 0 Å². The van der Waals surface area contributed by atoms with Gasteiger partial charge < -0.3 is 4.74 Å². The lowest BCUT2D eigenvalue weighted by Crippen LogP contribution is -2.60. The van der Waals surface area contributed by atoms with E-state index in [0.717, 1.165) is 0 Å². The van der Waals surface area contributed by atoms with Crippen LogP contribution in [0.1, 0.15) is 19.8 Å². The van der Waals surface area contributed by atoms with Crippen LogP contribution < -0.4 is 0 Å². The second-order valence-electron chi connectivity index (χ2n) is 3.66. The van der Waals surface area contributed by atoms with Crippen molar-refractivity contribution in [3.05, 3.63) is 0 Å². The number of hydrogen-bond acceptors (Lipinski definition) is 2. The van der Waals surface area contributed by atoms with Gasteiger partial charge in [-0.1, -0.05) is 0 Å². The van der Waals surface area contributed by atoms with E-state index < -0.39 is 42.8 Å². The highest BCUT2D eigenvalue weighted by atomic mass is 19.4. The average molecular weight is 320 g/mol. The number of alkyl halides is 9. The third kappa shape index (κ3) is 3.48. The summed E-state index contributed by atoms with van der Waals surface area (Å²) in [5, 5.41) is 0. The van der Waals surface area contributed by atoms with Crippen LogP contribution in [0.25, 0.3) is 0 Å². The Kier molecular flexibility index (Phi) is 5.35. The van der Waals surface area contributed by atoms with Gasteiger partial charge in [0.25, 0.3) is 0 Å². The molecule has 0 radical (unpaired) electrons. The van der Waals surface area contributed by atoms with Crippen LogP contribution in [0.5, 0.6) is 0 Å². The van der Waals surface area contributed by atoms with Crippen molar-refractivity contribution < 1.29 is 49.0 Å². The van der Waals surface area contributed by atoms with Crippen LogP contribution in [-0.2, 0) is 9.53 Å². The highest BCUT2D eigenvalue weighted by Crippen LogP contribution is 2.54. The monoisotopic (exact) mass is 320 g/mol. The first-order valence-electron chi connectivity index (χ1n) is 5.06. The topological polar surface area (TPSA) is 26.3 Å². The van der Waals surface area contributed by atoms with E-state index in [1.807, 2.05) is 0 Å². The third-order valence-electron chi connectivity index (χ3n) is 2.16. The van der Waals surface area contributed by atoms with Crippen molar-refractivity contribution >= 4 is 5.97 Å². The second-order valence-corrected chi connectivity index (χ2v) is 3.66. The van der Waals surface area contributed by atoms with Crippen molar-refractivity contribution in [1.29, 1.82) is 0 Å². The number of hydrogen-bond donors (Lipinski definition) is 0. The Hall–Kier alpha value is -1.16. The smallest absolute Gasteiger partial charge is 0.460 e. The first-order chi connectivity index (χ1) is 8.70. The van der Waals surface area contributed by atoms with Gasteiger partial charge in [-0.2, -0.15) is 39.5 Å². The van der Waals surface area contributed by atoms with Crippen LogP contribution in [-0.4, -0.2) is 36.5 Å². The van der Waals surface area contributed by atoms with E-state index in [9.17, 15) is 44.3 Å². The fourth-order valence-electron chi connectivity index (χ4n) is 1.06. The molecule has 0 aliphatic carbocycles. The van der Waals surface area contributed by atoms with Gasteiger partial charge in [-0.3, -0.25) is 4.79 Å². The summed E-state index contributed by atoms with van der Waals surface area (Å²) in [4.78, 5) is 10.7. The van der Waals surface area contributed by atoms with Gasteiger partial charge >= 0.3 is 29.9 Å². The molecule has 0 aromatic rings. The number of rotatable bonds is 6. The molecule has 0 spiro atoms. The molecule has 2 nitrogen and oxygen atoms in total. The zero-order valence-corrected chi connectivity index (χ0v) is 9.84. The van der Waals surface area contributed by atoms with Gasteiger partial charge in [-0.25, -0.2) is 0 Å². The lowest BCUT2D eigenvalue weighted by molar-refractivity contribution is -0.396. The van der Waals surface area contributed by atoms with Gasteiger partial charge in [0, 0.05) is 6.42 Å². The van der Waals surface area contributed by atoms with Gasteiger partial charge in [0.2, 0.25) is 0 Å². The summed E-state index contributed by atoms with van der Waals surface area (Å²) in [6.07, 6.45) is -10.5. The van der Waals surface area contributed by atoms with E-state index in [1.165, 1.54) is 6.92 Å². The number of halogens is 9. The minimum atomic E-state index is -6.93. The largest absolute Gasteiger partial charge is 0.466 e. The standard InChI is InChI=1S/C9H9F9O2/c1-2-20-5(19)3-4-6(10,11)7(12,13)8(14,15)9(16,17)18/h2-4H2,1H3. The zero-order valence-electron chi connectivity index (χ0n) is 9.84. The van der Waals surface area contributed by atoms with Gasteiger partial charge in [0.15, 0.2) is 0 Å². The van der Waals surface area contributed by atoms with Crippen molar-refractivity contribution in [3.8, 4) is 0 Å². The molecule has 0 amide bonds. The van der Waals surface area contributed by atoms with Crippen LogP contribution in [0.3, 0.4) is 0 Å². The van der Waals surface area contributed by atoms with Crippen LogP contribution >= 0.6 is 0 Å². The molecule has 0 aliphatic rings. The Morgan fingerprint density at radius 2 is 1.35 bits per heavy atom. The number of esters is 1. The maximum atomic E-state index is 12.9. The van der Waals surface area contributed by atoms with E-state index in [0.29, 0.717) is 0 Å². The molecule has 0 saturated heterocycles. The molecule has 0 heterocycles. The Balaban J connectivity index is 5.12. The van der Waals surface area contributed by atoms with E-state index in [4.69, 9.17) is 0 Å². The lowest BCUT2D eigenvalue weighted by atomic mass is 10.00. The normalized spacial score (nSPS) is 14.3. The summed E-state index contributed by atoms with van der Waals surface area (Å²) in [5.41, 5.74) is 0. The molecular formula is C9H9F9O2. The van der Waals surface area contributed by atoms with Crippen molar-refractivity contribution in [3.63, 3.8) is 0 Å². The maximum absolute atomic E-state index is 12.9. The predicted molar refractivity (Wildman–Crippen MR) is 46.8 cm³/mol. The summed E-state index contributed by atoms with van der Waals surface area (Å²) < 4.78 is 115. The highest BCUT2D eigenvalue weighted by Gasteiger charge is 2.81. The molecule has 0 unspecified atom stereocenters. The fourth-order valence-corrected chi connectivity index (χ4v) is 1.06. The molecule has 0 aliphatic heterocycles. The Morgan fingerprint density at radius 1 is 0.900 bits per heavy atom. The van der Waals surface area contributed by atoms with Crippen LogP contribution in [0.2, 0.25) is 0 Å². The maximum Gasteiger partial charge on any atom is 0.460 e. The molecule has 0 bridgehead atoms. The molecule has 0 aromatic carbocycles. The SMILES string of the molecule is CCOC(=O)CCC(F)(F)C(F)(F)C(F)(F)C(F)(F)F. The predicted octanol–water partition coefficient (Wildman–Crippen LogP) is 3.80. The fraction of sp³-hybridized carbons (Fsp3) is 0.889. The summed E-state index contributed by atoms with van der Waals surface area (Å²) >= 11 is 0. The second kappa shape index (κ2) is 5.68. The molecule has 120 valence electrons. The van der Waals surface area contributed by atoms with Crippen molar-refractivity contribution in [1.82, 2.24) is 0 Å². The molecule has 20 heavy (non-hydrogen) atoms. The average Bonchev–Trinajstić information content (AvgIpc) is 2.25. The molecule has 0 saturated carbocycles. The number of carbonyl (C=O) groups excluding carboxylic acids is 1. The molecule has 11 heteroatoms. The summed E-state index contributed by atoms with van der Waals surface area (Å²) in [7, 11) is 0. The Bertz CT molecular complexity index is 348. The number of carbonyl (C=O) groups is 1. The first kappa shape index (κ1) is 18.8. The van der Waals surface area contributed by atoms with Crippen LogP contribution in [0.4, 0.5) is 39.5 Å². The zero-order chi connectivity index (χ0) is 16.4. The van der Waals surface area contributed by atoms with Gasteiger partial charge in [-0.05, 0) is 6.92 Å². The van der Waals surface area contributed by atoms with E-state index in [1.54, 1.807) is 0 Å². The van der Waals surface area contributed by atoms with Gasteiger partial charge in [0.05, 0.1) is 13.0 Å². The molecule has 0 aromatic heterocycles. The minimum absolute atomic E-state index is 0.292. The first-order valence-corrected chi connectivity index (χ1v) is 5.06. The van der Waals surface area contributed by atoms with Crippen molar-refractivity contribution in [2.75, 3.05) is 6.61 Å². The minimum Gasteiger partial charge on any atom is -0.466 e. The quantitative estimate of drug-likeness (QED) is 0.550. The molecule has 0 fully saturated rings. The van der Waals surface area contributed by atoms with E-state index in [2.05, 4.69) is 4.74 Å². The summed E-state index contributed by atoms with van der Waals surface area (Å²) in [6, 6.07) is 0. The molecular weight excluding hydrogens is 311 g/mol. The lowest BCUT2D eigenvalue weighted by Gasteiger charge is -2.33. The highest BCUT2D eigenvalue weighted by molar-refractivity contribution is 5.69. The Labute approximate surface area is 106 Å².